The molecule has 0 unspecified atom stereocenters. The Morgan fingerprint density at radius 3 is 2.84 bits per heavy atom. The van der Waals surface area contributed by atoms with Crippen LogP contribution in [0, 0.1) is 5.82 Å². The van der Waals surface area contributed by atoms with Gasteiger partial charge in [-0.25, -0.2) is 4.39 Å². The molecular weight excluding hydrogens is 313 g/mol. The molecule has 2 rings (SSSR count). The first-order valence-electron chi connectivity index (χ1n) is 5.87. The Labute approximate surface area is 118 Å². The fraction of sp³-hybridized carbons (Fsp3) is 0.308. The Bertz CT molecular complexity index is 624. The molecule has 0 bridgehead atoms. The molecule has 0 radical (unpaired) electrons. The SMILES string of the molecule is CCc1nn(C)c(CC(=O)c2ccncc2F)c1Br. The molecule has 0 saturated heterocycles. The van der Waals surface area contributed by atoms with Crippen molar-refractivity contribution in [2.45, 2.75) is 19.8 Å². The van der Waals surface area contributed by atoms with Gasteiger partial charge in [0.2, 0.25) is 0 Å². The second kappa shape index (κ2) is 5.61. The van der Waals surface area contributed by atoms with Gasteiger partial charge in [-0.3, -0.25) is 14.5 Å². The van der Waals surface area contributed by atoms with Crippen molar-refractivity contribution in [1.29, 1.82) is 0 Å². The van der Waals surface area contributed by atoms with Gasteiger partial charge in [0, 0.05) is 13.2 Å². The fourth-order valence-corrected chi connectivity index (χ4v) is 2.62. The van der Waals surface area contributed by atoms with Gasteiger partial charge in [0.1, 0.15) is 0 Å². The van der Waals surface area contributed by atoms with Crippen LogP contribution in [0.5, 0.6) is 0 Å². The van der Waals surface area contributed by atoms with E-state index in [1.165, 1.54) is 12.3 Å². The Hall–Kier alpha value is -1.56. The molecule has 100 valence electrons. The minimum absolute atomic E-state index is 0.0566. The van der Waals surface area contributed by atoms with Crippen molar-refractivity contribution in [2.24, 2.45) is 7.05 Å². The van der Waals surface area contributed by atoms with Crippen LogP contribution < -0.4 is 0 Å². The third-order valence-electron chi connectivity index (χ3n) is 2.90. The lowest BCUT2D eigenvalue weighted by Crippen LogP contribution is -2.10. The zero-order valence-electron chi connectivity index (χ0n) is 10.7. The van der Waals surface area contributed by atoms with Crippen molar-refractivity contribution in [1.82, 2.24) is 14.8 Å². The number of aromatic nitrogens is 3. The summed E-state index contributed by atoms with van der Waals surface area (Å²) in [5.74, 6) is -0.882. The molecule has 0 aliphatic heterocycles. The number of carbonyl (C=O) groups excluding carboxylic acids is 1. The zero-order chi connectivity index (χ0) is 14.0. The normalized spacial score (nSPS) is 10.7. The fourth-order valence-electron chi connectivity index (χ4n) is 1.86. The first-order chi connectivity index (χ1) is 9.04. The van der Waals surface area contributed by atoms with E-state index in [9.17, 15) is 9.18 Å². The van der Waals surface area contributed by atoms with Crippen LogP contribution in [0.2, 0.25) is 0 Å². The molecule has 19 heavy (non-hydrogen) atoms. The van der Waals surface area contributed by atoms with E-state index in [1.54, 1.807) is 11.7 Å². The highest BCUT2D eigenvalue weighted by Crippen LogP contribution is 2.23. The van der Waals surface area contributed by atoms with Gasteiger partial charge in [-0.15, -0.1) is 0 Å². The molecule has 0 aliphatic carbocycles. The van der Waals surface area contributed by atoms with Crippen molar-refractivity contribution in [3.05, 3.63) is 45.7 Å². The number of halogens is 2. The summed E-state index contributed by atoms with van der Waals surface area (Å²) in [6.45, 7) is 1.99. The number of carbonyl (C=O) groups is 1. The largest absolute Gasteiger partial charge is 0.294 e. The number of ketones is 1. The highest BCUT2D eigenvalue weighted by molar-refractivity contribution is 9.10. The number of aryl methyl sites for hydroxylation is 2. The second-order valence-corrected chi connectivity index (χ2v) is 4.93. The summed E-state index contributed by atoms with van der Waals surface area (Å²) < 4.78 is 16.0. The summed E-state index contributed by atoms with van der Waals surface area (Å²) in [6.07, 6.45) is 3.33. The number of rotatable bonds is 4. The van der Waals surface area contributed by atoms with Crippen molar-refractivity contribution in [2.75, 3.05) is 0 Å². The lowest BCUT2D eigenvalue weighted by molar-refractivity contribution is 0.0986. The van der Waals surface area contributed by atoms with Crippen molar-refractivity contribution >= 4 is 21.7 Å². The lowest BCUT2D eigenvalue weighted by atomic mass is 10.1. The van der Waals surface area contributed by atoms with Gasteiger partial charge in [-0.05, 0) is 28.4 Å². The van der Waals surface area contributed by atoms with Gasteiger partial charge >= 0.3 is 0 Å². The van der Waals surface area contributed by atoms with E-state index in [2.05, 4.69) is 26.0 Å². The molecule has 0 saturated carbocycles. The summed E-state index contributed by atoms with van der Waals surface area (Å²) in [6, 6.07) is 1.39. The molecule has 0 aromatic carbocycles. The molecule has 6 heteroatoms. The van der Waals surface area contributed by atoms with E-state index in [1.807, 2.05) is 6.92 Å². The molecule has 0 amide bonds. The minimum atomic E-state index is -0.596. The highest BCUT2D eigenvalue weighted by atomic mass is 79.9. The van der Waals surface area contributed by atoms with Gasteiger partial charge in [-0.2, -0.15) is 5.10 Å². The maximum atomic E-state index is 13.5. The van der Waals surface area contributed by atoms with Crippen LogP contribution in [0.4, 0.5) is 4.39 Å². The van der Waals surface area contributed by atoms with Crippen molar-refractivity contribution < 1.29 is 9.18 Å². The molecule has 2 heterocycles. The van der Waals surface area contributed by atoms with E-state index in [4.69, 9.17) is 0 Å². The van der Waals surface area contributed by atoms with E-state index in [-0.39, 0.29) is 17.8 Å². The number of hydrogen-bond donors (Lipinski definition) is 0. The maximum absolute atomic E-state index is 13.5. The zero-order valence-corrected chi connectivity index (χ0v) is 12.2. The maximum Gasteiger partial charge on any atom is 0.171 e. The minimum Gasteiger partial charge on any atom is -0.294 e. The summed E-state index contributed by atoms with van der Waals surface area (Å²) in [4.78, 5) is 15.7. The smallest absolute Gasteiger partial charge is 0.171 e. The van der Waals surface area contributed by atoms with Gasteiger partial charge in [0.05, 0.1) is 34.0 Å². The predicted molar refractivity (Wildman–Crippen MR) is 72.5 cm³/mol. The molecule has 4 nitrogen and oxygen atoms in total. The van der Waals surface area contributed by atoms with Gasteiger partial charge in [-0.1, -0.05) is 6.92 Å². The first-order valence-corrected chi connectivity index (χ1v) is 6.66. The molecule has 0 spiro atoms. The Morgan fingerprint density at radius 2 is 2.26 bits per heavy atom. The quantitative estimate of drug-likeness (QED) is 0.812. The predicted octanol–water partition coefficient (Wildman–Crippen LogP) is 2.70. The van der Waals surface area contributed by atoms with Crippen LogP contribution in [-0.4, -0.2) is 20.5 Å². The van der Waals surface area contributed by atoms with Crippen LogP contribution in [0.3, 0.4) is 0 Å². The monoisotopic (exact) mass is 325 g/mol. The van der Waals surface area contributed by atoms with Crippen molar-refractivity contribution in [3.63, 3.8) is 0 Å². The molecular formula is C13H13BrFN3O. The highest BCUT2D eigenvalue weighted by Gasteiger charge is 2.18. The van der Waals surface area contributed by atoms with Crippen LogP contribution in [0.1, 0.15) is 28.7 Å². The Morgan fingerprint density at radius 1 is 1.53 bits per heavy atom. The van der Waals surface area contributed by atoms with E-state index >= 15 is 0 Å². The number of hydrogen-bond acceptors (Lipinski definition) is 3. The second-order valence-electron chi connectivity index (χ2n) is 4.14. The van der Waals surface area contributed by atoms with Crippen LogP contribution >= 0.6 is 15.9 Å². The topological polar surface area (TPSA) is 47.8 Å². The number of Topliss-reactive ketones (excluding diaryl/α,β-unsaturated/α-hetero) is 1. The van der Waals surface area contributed by atoms with Crippen LogP contribution in [0.25, 0.3) is 0 Å². The van der Waals surface area contributed by atoms with E-state index < -0.39 is 5.82 Å². The number of nitrogens with zero attached hydrogens (tertiary/aromatic N) is 3. The van der Waals surface area contributed by atoms with Crippen molar-refractivity contribution in [3.8, 4) is 0 Å². The van der Waals surface area contributed by atoms with E-state index in [0.717, 1.165) is 28.5 Å². The average Bonchev–Trinajstić information content (AvgIpc) is 2.66. The molecule has 2 aromatic heterocycles. The number of pyridine rings is 1. The Balaban J connectivity index is 2.30. The molecule has 0 N–H and O–H groups in total. The van der Waals surface area contributed by atoms with Crippen LogP contribution in [0.15, 0.2) is 22.9 Å². The van der Waals surface area contributed by atoms with Gasteiger partial charge in [0.15, 0.2) is 11.6 Å². The average molecular weight is 326 g/mol. The Kier molecular flexibility index (Phi) is 4.09. The first kappa shape index (κ1) is 13.9. The van der Waals surface area contributed by atoms with Crippen LogP contribution in [-0.2, 0) is 19.9 Å². The summed E-state index contributed by atoms with van der Waals surface area (Å²) >= 11 is 3.44. The lowest BCUT2D eigenvalue weighted by Gasteiger charge is -2.03. The molecule has 0 fully saturated rings. The molecule has 2 aromatic rings. The summed E-state index contributed by atoms with van der Waals surface area (Å²) in [5.41, 5.74) is 1.69. The van der Waals surface area contributed by atoms with Gasteiger partial charge < -0.3 is 0 Å². The third kappa shape index (κ3) is 2.73. The summed E-state index contributed by atoms with van der Waals surface area (Å²) in [5, 5.41) is 4.31. The standard InChI is InChI=1S/C13H13BrFN3O/c1-3-10-13(14)11(18(2)17-10)6-12(19)8-4-5-16-7-9(8)15/h4-5,7H,3,6H2,1-2H3. The van der Waals surface area contributed by atoms with Gasteiger partial charge in [0.25, 0.3) is 0 Å². The summed E-state index contributed by atoms with van der Waals surface area (Å²) in [7, 11) is 1.77. The molecule has 0 aliphatic rings. The van der Waals surface area contributed by atoms with E-state index in [0.29, 0.717) is 0 Å². The molecule has 0 atom stereocenters. The third-order valence-corrected chi connectivity index (χ3v) is 3.82.